The van der Waals surface area contributed by atoms with Crippen molar-refractivity contribution in [3.05, 3.63) is 17.3 Å². The van der Waals surface area contributed by atoms with Gasteiger partial charge in [-0.25, -0.2) is 13.4 Å². The van der Waals surface area contributed by atoms with Gasteiger partial charge in [-0.1, -0.05) is 24.4 Å². The third kappa shape index (κ3) is 3.06. The Balaban J connectivity index is 2.38. The highest BCUT2D eigenvalue weighted by atomic mass is 35.5. The number of nitrogen functional groups attached to an aromatic ring is 1. The molecular formula is C12H18ClN3O3S. The molecule has 1 aromatic rings. The minimum Gasteiger partial charge on any atom is -0.395 e. The summed E-state index contributed by atoms with van der Waals surface area (Å²) in [6, 6.07) is 0.914. The molecule has 1 atom stereocenters. The summed E-state index contributed by atoms with van der Waals surface area (Å²) in [7, 11) is -3.72. The van der Waals surface area contributed by atoms with Gasteiger partial charge in [-0.15, -0.1) is 0 Å². The van der Waals surface area contributed by atoms with Crippen LogP contribution in [0.25, 0.3) is 0 Å². The highest BCUT2D eigenvalue weighted by molar-refractivity contribution is 7.89. The Morgan fingerprint density at radius 2 is 2.20 bits per heavy atom. The molecule has 3 N–H and O–H groups in total. The van der Waals surface area contributed by atoms with E-state index in [0.717, 1.165) is 19.3 Å². The van der Waals surface area contributed by atoms with Gasteiger partial charge in [0.1, 0.15) is 10.7 Å². The van der Waals surface area contributed by atoms with Gasteiger partial charge >= 0.3 is 0 Å². The SMILES string of the molecule is Nc1ncc(S(=O)(=O)N2CCCCCC2CO)cc1Cl. The average Bonchev–Trinajstić information content (AvgIpc) is 2.67. The number of aromatic nitrogens is 1. The van der Waals surface area contributed by atoms with Crippen molar-refractivity contribution in [2.45, 2.75) is 36.6 Å². The number of aliphatic hydroxyl groups excluding tert-OH is 1. The number of nitrogens with zero attached hydrogens (tertiary/aromatic N) is 2. The van der Waals surface area contributed by atoms with Crippen molar-refractivity contribution in [2.75, 3.05) is 18.9 Å². The van der Waals surface area contributed by atoms with Gasteiger partial charge in [0.15, 0.2) is 0 Å². The van der Waals surface area contributed by atoms with Crippen molar-refractivity contribution in [1.29, 1.82) is 0 Å². The van der Waals surface area contributed by atoms with Crippen LogP contribution in [0.1, 0.15) is 25.7 Å². The summed E-state index contributed by atoms with van der Waals surface area (Å²) in [6.45, 7) is 0.213. The van der Waals surface area contributed by atoms with Gasteiger partial charge < -0.3 is 10.8 Å². The fraction of sp³-hybridized carbons (Fsp3) is 0.583. The van der Waals surface area contributed by atoms with Gasteiger partial charge in [-0.05, 0) is 18.9 Å². The van der Waals surface area contributed by atoms with Crippen molar-refractivity contribution < 1.29 is 13.5 Å². The second kappa shape index (κ2) is 6.26. The normalized spacial score (nSPS) is 21.6. The molecule has 0 spiro atoms. The number of hydrogen-bond donors (Lipinski definition) is 2. The van der Waals surface area contributed by atoms with Gasteiger partial charge in [-0.3, -0.25) is 0 Å². The molecule has 1 unspecified atom stereocenters. The standard InChI is InChI=1S/C12H18ClN3O3S/c13-11-6-10(7-15-12(11)14)20(18,19)16-5-3-1-2-4-9(16)8-17/h6-7,9,17H,1-5,8H2,(H2,14,15). The smallest absolute Gasteiger partial charge is 0.244 e. The average molecular weight is 320 g/mol. The maximum absolute atomic E-state index is 12.6. The van der Waals surface area contributed by atoms with Crippen LogP contribution in [0.3, 0.4) is 0 Å². The zero-order valence-electron chi connectivity index (χ0n) is 11.0. The molecular weight excluding hydrogens is 302 g/mol. The van der Waals surface area contributed by atoms with Crippen LogP contribution in [0.5, 0.6) is 0 Å². The lowest BCUT2D eigenvalue weighted by atomic mass is 10.1. The summed E-state index contributed by atoms with van der Waals surface area (Å²) >= 11 is 5.84. The molecule has 6 nitrogen and oxygen atoms in total. The molecule has 0 aliphatic carbocycles. The molecule has 0 amide bonds. The van der Waals surface area contributed by atoms with Gasteiger partial charge in [0, 0.05) is 18.8 Å². The molecule has 0 bridgehead atoms. The zero-order chi connectivity index (χ0) is 14.8. The minimum atomic E-state index is -3.72. The highest BCUT2D eigenvalue weighted by Crippen LogP contribution is 2.27. The van der Waals surface area contributed by atoms with Crippen molar-refractivity contribution in [2.24, 2.45) is 0 Å². The van der Waals surface area contributed by atoms with E-state index in [0.29, 0.717) is 13.0 Å². The topological polar surface area (TPSA) is 96.5 Å². The van der Waals surface area contributed by atoms with E-state index in [-0.39, 0.29) is 28.4 Å². The summed E-state index contributed by atoms with van der Waals surface area (Å²) in [5.74, 6) is 0.0974. The first-order chi connectivity index (χ1) is 9.46. The van der Waals surface area contributed by atoms with Crippen LogP contribution in [0.15, 0.2) is 17.2 Å². The fourth-order valence-electron chi connectivity index (χ4n) is 2.36. The number of sulfonamides is 1. The van der Waals surface area contributed by atoms with Crippen LogP contribution in [0.2, 0.25) is 5.02 Å². The van der Waals surface area contributed by atoms with Gasteiger partial charge in [0.05, 0.1) is 11.6 Å². The first kappa shape index (κ1) is 15.5. The number of nitrogens with two attached hydrogens (primary N) is 1. The zero-order valence-corrected chi connectivity index (χ0v) is 12.6. The van der Waals surface area contributed by atoms with E-state index < -0.39 is 10.0 Å². The number of hydrogen-bond acceptors (Lipinski definition) is 5. The van der Waals surface area contributed by atoms with E-state index in [2.05, 4.69) is 4.98 Å². The van der Waals surface area contributed by atoms with E-state index in [1.54, 1.807) is 0 Å². The molecule has 2 rings (SSSR count). The molecule has 0 saturated carbocycles. The van der Waals surface area contributed by atoms with Crippen LogP contribution in [-0.4, -0.2) is 42.0 Å². The van der Waals surface area contributed by atoms with Crippen molar-refractivity contribution in [3.63, 3.8) is 0 Å². The molecule has 1 saturated heterocycles. The van der Waals surface area contributed by atoms with Gasteiger partial charge in [0.2, 0.25) is 10.0 Å². The Labute approximate surface area is 123 Å². The maximum atomic E-state index is 12.6. The molecule has 2 heterocycles. The van der Waals surface area contributed by atoms with Crippen LogP contribution in [0, 0.1) is 0 Å². The van der Waals surface area contributed by atoms with E-state index in [1.807, 2.05) is 0 Å². The number of pyridine rings is 1. The number of aliphatic hydroxyl groups is 1. The second-order valence-corrected chi connectivity index (χ2v) is 7.14. The molecule has 1 aliphatic rings. The van der Waals surface area contributed by atoms with Gasteiger partial charge in [-0.2, -0.15) is 4.31 Å². The molecule has 1 aromatic heterocycles. The fourth-order valence-corrected chi connectivity index (χ4v) is 4.25. The Kier molecular flexibility index (Phi) is 4.85. The predicted molar refractivity (Wildman–Crippen MR) is 76.9 cm³/mol. The maximum Gasteiger partial charge on any atom is 0.244 e. The van der Waals surface area contributed by atoms with Crippen LogP contribution in [0.4, 0.5) is 5.82 Å². The second-order valence-electron chi connectivity index (χ2n) is 4.84. The number of rotatable bonds is 3. The number of anilines is 1. The van der Waals surface area contributed by atoms with E-state index in [9.17, 15) is 13.5 Å². The van der Waals surface area contributed by atoms with Crippen molar-refractivity contribution in [1.82, 2.24) is 9.29 Å². The third-order valence-electron chi connectivity index (χ3n) is 3.49. The first-order valence-corrected chi connectivity index (χ1v) is 8.32. The molecule has 1 fully saturated rings. The molecule has 112 valence electrons. The predicted octanol–water partition coefficient (Wildman–Crippen LogP) is 1.24. The Hall–Kier alpha value is -0.890. The Morgan fingerprint density at radius 1 is 1.45 bits per heavy atom. The Morgan fingerprint density at radius 3 is 2.85 bits per heavy atom. The molecule has 0 aromatic carbocycles. The summed E-state index contributed by atoms with van der Waals surface area (Å²) in [5.41, 5.74) is 5.50. The van der Waals surface area contributed by atoms with Crippen LogP contribution >= 0.6 is 11.6 Å². The third-order valence-corrected chi connectivity index (χ3v) is 5.70. The summed E-state index contributed by atoms with van der Waals surface area (Å²) < 4.78 is 26.6. The monoisotopic (exact) mass is 319 g/mol. The number of halogens is 1. The largest absolute Gasteiger partial charge is 0.395 e. The van der Waals surface area contributed by atoms with Crippen LogP contribution in [-0.2, 0) is 10.0 Å². The molecule has 8 heteroatoms. The van der Waals surface area contributed by atoms with E-state index in [4.69, 9.17) is 17.3 Å². The minimum absolute atomic E-state index is 0.0112. The highest BCUT2D eigenvalue weighted by Gasteiger charge is 2.32. The first-order valence-electron chi connectivity index (χ1n) is 6.50. The van der Waals surface area contributed by atoms with Crippen LogP contribution < -0.4 is 5.73 Å². The lowest BCUT2D eigenvalue weighted by Gasteiger charge is -2.27. The van der Waals surface area contributed by atoms with E-state index in [1.165, 1.54) is 16.6 Å². The molecule has 1 aliphatic heterocycles. The molecule has 20 heavy (non-hydrogen) atoms. The summed E-state index contributed by atoms with van der Waals surface area (Å²) in [5, 5.41) is 9.54. The van der Waals surface area contributed by atoms with Crippen molar-refractivity contribution >= 4 is 27.4 Å². The lowest BCUT2D eigenvalue weighted by Crippen LogP contribution is -2.42. The quantitative estimate of drug-likeness (QED) is 0.873. The summed E-state index contributed by atoms with van der Waals surface area (Å²) in [6.07, 6.45) is 4.52. The molecule has 0 radical (unpaired) electrons. The Bertz CT molecular complexity index is 579. The van der Waals surface area contributed by atoms with Crippen molar-refractivity contribution in [3.8, 4) is 0 Å². The lowest BCUT2D eigenvalue weighted by molar-refractivity contribution is 0.186. The van der Waals surface area contributed by atoms with E-state index >= 15 is 0 Å². The summed E-state index contributed by atoms with van der Waals surface area (Å²) in [4.78, 5) is 3.80. The van der Waals surface area contributed by atoms with Gasteiger partial charge in [0.25, 0.3) is 0 Å².